The van der Waals surface area contributed by atoms with Gasteiger partial charge in [-0.2, -0.15) is 5.10 Å². The molecule has 0 atom stereocenters. The number of methoxy groups -OCH3 is 1. The van der Waals surface area contributed by atoms with Crippen molar-refractivity contribution in [2.45, 2.75) is 39.5 Å². The van der Waals surface area contributed by atoms with E-state index >= 15 is 0 Å². The van der Waals surface area contributed by atoms with Crippen LogP contribution in [0.15, 0.2) is 42.6 Å². The van der Waals surface area contributed by atoms with Gasteiger partial charge in [0, 0.05) is 37.0 Å². The van der Waals surface area contributed by atoms with Crippen LogP contribution in [0.5, 0.6) is 11.5 Å². The predicted octanol–water partition coefficient (Wildman–Crippen LogP) is 5.49. The van der Waals surface area contributed by atoms with E-state index in [4.69, 9.17) is 19.6 Å². The first-order valence-corrected chi connectivity index (χ1v) is 13.8. The zero-order valence-corrected chi connectivity index (χ0v) is 23.3. The van der Waals surface area contributed by atoms with Crippen molar-refractivity contribution in [3.8, 4) is 34.0 Å². The second kappa shape index (κ2) is 10.7. The van der Waals surface area contributed by atoms with E-state index < -0.39 is 0 Å². The van der Waals surface area contributed by atoms with Crippen LogP contribution in [0.25, 0.3) is 22.5 Å². The maximum atomic E-state index is 6.01. The van der Waals surface area contributed by atoms with E-state index in [1.165, 1.54) is 42.6 Å². The van der Waals surface area contributed by atoms with Crippen LogP contribution in [0, 0.1) is 13.8 Å². The van der Waals surface area contributed by atoms with Gasteiger partial charge in [-0.1, -0.05) is 23.8 Å². The molecular formula is C31H36N6O2. The second-order valence-electron chi connectivity index (χ2n) is 10.6. The first-order chi connectivity index (χ1) is 19.0. The Balaban J connectivity index is 1.27. The van der Waals surface area contributed by atoms with Crippen LogP contribution in [-0.4, -0.2) is 58.0 Å². The first-order valence-electron chi connectivity index (χ1n) is 13.8. The highest BCUT2D eigenvalue weighted by Crippen LogP contribution is 2.41. The molecule has 1 aliphatic heterocycles. The lowest BCUT2D eigenvalue weighted by molar-refractivity contribution is 0.237. The van der Waals surface area contributed by atoms with Gasteiger partial charge < -0.3 is 14.8 Å². The van der Waals surface area contributed by atoms with Crippen molar-refractivity contribution in [2.24, 2.45) is 7.05 Å². The summed E-state index contributed by atoms with van der Waals surface area (Å²) >= 11 is 0. The minimum Gasteiger partial charge on any atom is -0.494 e. The molecule has 2 aliphatic rings. The van der Waals surface area contributed by atoms with Crippen molar-refractivity contribution < 1.29 is 9.47 Å². The molecule has 4 aromatic rings. The molecule has 1 saturated heterocycles. The molecule has 0 bridgehead atoms. The molecule has 1 fully saturated rings. The van der Waals surface area contributed by atoms with Crippen LogP contribution in [0.2, 0.25) is 0 Å². The molecule has 2 aromatic carbocycles. The van der Waals surface area contributed by atoms with E-state index in [-0.39, 0.29) is 0 Å². The van der Waals surface area contributed by atoms with Gasteiger partial charge in [-0.25, -0.2) is 9.97 Å². The molecule has 202 valence electrons. The molecule has 0 amide bonds. The Morgan fingerprint density at radius 2 is 1.87 bits per heavy atom. The second-order valence-corrected chi connectivity index (χ2v) is 10.6. The van der Waals surface area contributed by atoms with Gasteiger partial charge in [0.15, 0.2) is 0 Å². The summed E-state index contributed by atoms with van der Waals surface area (Å²) in [7, 11) is 3.69. The van der Waals surface area contributed by atoms with Crippen LogP contribution in [0.4, 0.5) is 11.6 Å². The SMILES string of the molecule is COc1cc(OCCN2CCCC2)ccc1Nc1ncc2c(n1)-c1c(nn(C)c1-c1ccc(C)cc1C)CC2. The van der Waals surface area contributed by atoms with Crippen LogP contribution in [-0.2, 0) is 19.9 Å². The van der Waals surface area contributed by atoms with E-state index in [2.05, 4.69) is 47.2 Å². The fourth-order valence-corrected chi connectivity index (χ4v) is 5.80. The Hall–Kier alpha value is -3.91. The molecule has 0 saturated carbocycles. The molecule has 3 heterocycles. The van der Waals surface area contributed by atoms with Crippen LogP contribution >= 0.6 is 0 Å². The fourth-order valence-electron chi connectivity index (χ4n) is 5.80. The van der Waals surface area contributed by atoms with Crippen LogP contribution in [0.1, 0.15) is 35.2 Å². The van der Waals surface area contributed by atoms with E-state index in [9.17, 15) is 0 Å². The van der Waals surface area contributed by atoms with Gasteiger partial charge in [0.25, 0.3) is 0 Å². The summed E-state index contributed by atoms with van der Waals surface area (Å²) in [4.78, 5) is 12.1. The lowest BCUT2D eigenvalue weighted by Crippen LogP contribution is -2.25. The van der Waals surface area contributed by atoms with Crippen molar-refractivity contribution >= 4 is 11.6 Å². The van der Waals surface area contributed by atoms with Gasteiger partial charge in [-0.15, -0.1) is 0 Å². The molecule has 8 heteroatoms. The number of hydrogen-bond donors (Lipinski definition) is 1. The number of nitrogens with one attached hydrogen (secondary N) is 1. The summed E-state index contributed by atoms with van der Waals surface area (Å²) < 4.78 is 13.7. The monoisotopic (exact) mass is 524 g/mol. The fraction of sp³-hybridized carbons (Fsp3) is 0.387. The third-order valence-corrected chi connectivity index (χ3v) is 7.78. The maximum Gasteiger partial charge on any atom is 0.227 e. The minimum absolute atomic E-state index is 0.526. The number of hydrogen-bond acceptors (Lipinski definition) is 7. The van der Waals surface area contributed by atoms with Gasteiger partial charge >= 0.3 is 0 Å². The summed E-state index contributed by atoms with van der Waals surface area (Å²) in [5, 5.41) is 8.27. The summed E-state index contributed by atoms with van der Waals surface area (Å²) in [6.45, 7) is 8.24. The average Bonchev–Trinajstić information content (AvgIpc) is 3.57. The Kier molecular flexibility index (Phi) is 6.95. The summed E-state index contributed by atoms with van der Waals surface area (Å²) in [6, 6.07) is 12.4. The molecule has 0 spiro atoms. The van der Waals surface area contributed by atoms with Crippen molar-refractivity contribution in [2.75, 3.05) is 38.7 Å². The number of ether oxygens (including phenoxy) is 2. The lowest BCUT2D eigenvalue weighted by atomic mass is 9.90. The predicted molar refractivity (Wildman–Crippen MR) is 154 cm³/mol. The molecule has 1 aliphatic carbocycles. The van der Waals surface area contributed by atoms with Crippen LogP contribution in [0.3, 0.4) is 0 Å². The number of anilines is 2. The topological polar surface area (TPSA) is 77.3 Å². The highest BCUT2D eigenvalue weighted by molar-refractivity contribution is 5.85. The largest absolute Gasteiger partial charge is 0.494 e. The normalized spacial score (nSPS) is 14.7. The number of fused-ring (bicyclic) bond motifs is 3. The van der Waals surface area contributed by atoms with Gasteiger partial charge in [-0.05, 0) is 75.9 Å². The standard InChI is InChI=1S/C31H36N6O2/c1-20-7-10-24(21(2)17-20)30-28-26(35-36(30)3)11-8-22-19-32-31(34-29(22)28)33-25-12-9-23(18-27(25)38-4)39-16-15-37-13-5-6-14-37/h7,9-10,12,17-19H,5-6,8,11,13-16H2,1-4H3,(H,32,33,34). The molecule has 0 radical (unpaired) electrons. The molecule has 2 aromatic heterocycles. The summed E-state index contributed by atoms with van der Waals surface area (Å²) in [5.74, 6) is 2.01. The lowest BCUT2D eigenvalue weighted by Gasteiger charge is -2.18. The molecule has 0 unspecified atom stereocenters. The number of nitrogens with zero attached hydrogens (tertiary/aromatic N) is 5. The van der Waals surface area contributed by atoms with E-state index in [0.717, 1.165) is 59.0 Å². The molecule has 39 heavy (non-hydrogen) atoms. The van der Waals surface area contributed by atoms with E-state index in [1.807, 2.05) is 36.1 Å². The Bertz CT molecular complexity index is 1510. The van der Waals surface area contributed by atoms with Crippen molar-refractivity contribution in [1.29, 1.82) is 0 Å². The van der Waals surface area contributed by atoms with Gasteiger partial charge in [-0.3, -0.25) is 9.58 Å². The third-order valence-electron chi connectivity index (χ3n) is 7.78. The Labute approximate surface area is 230 Å². The van der Waals surface area contributed by atoms with E-state index in [1.54, 1.807) is 7.11 Å². The maximum absolute atomic E-state index is 6.01. The highest BCUT2D eigenvalue weighted by atomic mass is 16.5. The van der Waals surface area contributed by atoms with Gasteiger partial charge in [0.1, 0.15) is 18.1 Å². The highest BCUT2D eigenvalue weighted by Gasteiger charge is 2.28. The quantitative estimate of drug-likeness (QED) is 0.327. The number of aromatic nitrogens is 4. The Morgan fingerprint density at radius 3 is 2.67 bits per heavy atom. The van der Waals surface area contributed by atoms with Crippen LogP contribution < -0.4 is 14.8 Å². The molecule has 1 N–H and O–H groups in total. The average molecular weight is 525 g/mol. The van der Waals surface area contributed by atoms with Gasteiger partial charge in [0.2, 0.25) is 5.95 Å². The number of benzene rings is 2. The minimum atomic E-state index is 0.526. The number of likely N-dealkylation sites (tertiary alicyclic amines) is 1. The zero-order chi connectivity index (χ0) is 26.9. The van der Waals surface area contributed by atoms with Gasteiger partial charge in [0.05, 0.1) is 29.9 Å². The Morgan fingerprint density at radius 1 is 1.03 bits per heavy atom. The van der Waals surface area contributed by atoms with Crippen molar-refractivity contribution in [3.05, 3.63) is 65.0 Å². The molecule has 8 nitrogen and oxygen atoms in total. The van der Waals surface area contributed by atoms with Crippen molar-refractivity contribution in [3.63, 3.8) is 0 Å². The van der Waals surface area contributed by atoms with E-state index in [0.29, 0.717) is 18.3 Å². The number of aryl methyl sites for hydroxylation is 5. The zero-order valence-electron chi connectivity index (χ0n) is 23.3. The molecule has 6 rings (SSSR count). The summed E-state index contributed by atoms with van der Waals surface area (Å²) in [6.07, 6.45) is 6.26. The number of rotatable bonds is 8. The first kappa shape index (κ1) is 25.4. The summed E-state index contributed by atoms with van der Waals surface area (Å²) in [5.41, 5.74) is 9.81. The third kappa shape index (κ3) is 5.08. The smallest absolute Gasteiger partial charge is 0.227 e. The molecular weight excluding hydrogens is 488 g/mol. The van der Waals surface area contributed by atoms with Crippen molar-refractivity contribution in [1.82, 2.24) is 24.6 Å².